The second-order valence-corrected chi connectivity index (χ2v) is 7.67. The molecular formula is C19H25N3OS. The van der Waals surface area contributed by atoms with Gasteiger partial charge in [0.15, 0.2) is 0 Å². The van der Waals surface area contributed by atoms with Gasteiger partial charge in [0.05, 0.1) is 12.1 Å². The Morgan fingerprint density at radius 1 is 1.33 bits per heavy atom. The van der Waals surface area contributed by atoms with Crippen molar-refractivity contribution in [2.75, 3.05) is 18.4 Å². The molecule has 1 N–H and O–H groups in total. The van der Waals surface area contributed by atoms with Gasteiger partial charge in [-0.05, 0) is 50.4 Å². The Morgan fingerprint density at radius 3 is 2.83 bits per heavy atom. The van der Waals surface area contributed by atoms with Gasteiger partial charge in [-0.25, -0.2) is 4.98 Å². The molecule has 0 atom stereocenters. The first kappa shape index (κ1) is 17.1. The zero-order chi connectivity index (χ0) is 16.9. The van der Waals surface area contributed by atoms with Gasteiger partial charge in [0.25, 0.3) is 0 Å². The summed E-state index contributed by atoms with van der Waals surface area (Å²) < 4.78 is 0. The highest BCUT2D eigenvalue weighted by Gasteiger charge is 2.17. The van der Waals surface area contributed by atoms with Crippen LogP contribution in [-0.2, 0) is 17.8 Å². The summed E-state index contributed by atoms with van der Waals surface area (Å²) in [6, 6.07) is 7.83. The van der Waals surface area contributed by atoms with E-state index in [0.29, 0.717) is 6.42 Å². The van der Waals surface area contributed by atoms with Crippen molar-refractivity contribution < 1.29 is 4.79 Å². The van der Waals surface area contributed by atoms with E-state index in [1.54, 1.807) is 11.3 Å². The zero-order valence-corrected chi connectivity index (χ0v) is 15.2. The third-order valence-electron chi connectivity index (χ3n) is 4.59. The van der Waals surface area contributed by atoms with Crippen LogP contribution < -0.4 is 5.32 Å². The number of carbonyl (C=O) groups is 1. The van der Waals surface area contributed by atoms with Crippen molar-refractivity contribution in [1.82, 2.24) is 9.88 Å². The first-order valence-corrected chi connectivity index (χ1v) is 9.49. The van der Waals surface area contributed by atoms with Gasteiger partial charge in [0.1, 0.15) is 5.01 Å². The Hall–Kier alpha value is -1.72. The maximum atomic E-state index is 12.2. The topological polar surface area (TPSA) is 45.2 Å². The Kier molecular flexibility index (Phi) is 5.63. The van der Waals surface area contributed by atoms with Gasteiger partial charge in [-0.15, -0.1) is 11.3 Å². The summed E-state index contributed by atoms with van der Waals surface area (Å²) in [4.78, 5) is 19.3. The number of thiazole rings is 1. The Morgan fingerprint density at radius 2 is 2.08 bits per heavy atom. The van der Waals surface area contributed by atoms with E-state index in [4.69, 9.17) is 0 Å². The minimum absolute atomic E-state index is 0.00278. The molecule has 2 aromatic rings. The number of nitrogens with zero attached hydrogens (tertiary/aromatic N) is 2. The van der Waals surface area contributed by atoms with E-state index in [2.05, 4.69) is 27.5 Å². The summed E-state index contributed by atoms with van der Waals surface area (Å²) in [6.07, 6.45) is 2.89. The lowest BCUT2D eigenvalue weighted by molar-refractivity contribution is -0.115. The molecule has 1 fully saturated rings. The fourth-order valence-corrected chi connectivity index (χ4v) is 3.78. The number of carbonyl (C=O) groups excluding carboxylic acids is 1. The van der Waals surface area contributed by atoms with Crippen molar-refractivity contribution >= 4 is 22.9 Å². The van der Waals surface area contributed by atoms with Crippen molar-refractivity contribution in [3.63, 3.8) is 0 Å². The maximum absolute atomic E-state index is 12.2. The molecule has 1 saturated heterocycles. The monoisotopic (exact) mass is 343 g/mol. The molecule has 1 aromatic heterocycles. The summed E-state index contributed by atoms with van der Waals surface area (Å²) in [5.74, 6) is 0.842. The molecule has 0 saturated carbocycles. The van der Waals surface area contributed by atoms with Crippen LogP contribution in [0.3, 0.4) is 0 Å². The summed E-state index contributed by atoms with van der Waals surface area (Å²) in [5.41, 5.74) is 3.04. The van der Waals surface area contributed by atoms with Gasteiger partial charge in [0, 0.05) is 17.6 Å². The van der Waals surface area contributed by atoms with Crippen LogP contribution >= 0.6 is 11.3 Å². The fraction of sp³-hybridized carbons (Fsp3) is 0.474. The molecule has 0 unspecified atom stereocenters. The maximum Gasteiger partial charge on any atom is 0.231 e. The molecule has 0 aliphatic carbocycles. The number of benzene rings is 1. The van der Waals surface area contributed by atoms with E-state index in [-0.39, 0.29) is 5.91 Å². The van der Waals surface area contributed by atoms with E-state index in [1.807, 2.05) is 31.2 Å². The number of anilines is 1. The summed E-state index contributed by atoms with van der Waals surface area (Å²) >= 11 is 1.58. The minimum atomic E-state index is -0.00278. The van der Waals surface area contributed by atoms with Crippen molar-refractivity contribution in [1.29, 1.82) is 0 Å². The molecule has 1 aliphatic heterocycles. The van der Waals surface area contributed by atoms with Crippen molar-refractivity contribution in [2.45, 2.75) is 39.7 Å². The lowest BCUT2D eigenvalue weighted by Gasteiger charge is -2.29. The third kappa shape index (κ3) is 4.65. The largest absolute Gasteiger partial charge is 0.325 e. The van der Waals surface area contributed by atoms with E-state index < -0.39 is 0 Å². The highest BCUT2D eigenvalue weighted by Crippen LogP contribution is 2.20. The molecule has 0 bridgehead atoms. The molecule has 5 heteroatoms. The molecule has 1 amide bonds. The fourth-order valence-electron chi connectivity index (χ4n) is 3.00. The second kappa shape index (κ2) is 7.90. The molecule has 4 nitrogen and oxygen atoms in total. The number of likely N-dealkylation sites (tertiary alicyclic amines) is 1. The van der Waals surface area contributed by atoms with E-state index in [1.165, 1.54) is 12.8 Å². The number of aryl methyl sites for hydroxylation is 1. The van der Waals surface area contributed by atoms with Crippen LogP contribution in [0.2, 0.25) is 0 Å². The van der Waals surface area contributed by atoms with Crippen molar-refractivity contribution in [3.05, 3.63) is 45.9 Å². The average Bonchev–Trinajstić information content (AvgIpc) is 2.99. The zero-order valence-electron chi connectivity index (χ0n) is 14.4. The Balaban J connectivity index is 1.52. The summed E-state index contributed by atoms with van der Waals surface area (Å²) in [5, 5.41) is 5.95. The molecule has 0 spiro atoms. The normalized spacial score (nSPS) is 16.2. The lowest BCUT2D eigenvalue weighted by atomic mass is 9.99. The second-order valence-electron chi connectivity index (χ2n) is 6.73. The molecule has 2 heterocycles. The van der Waals surface area contributed by atoms with E-state index >= 15 is 0 Å². The first-order chi connectivity index (χ1) is 11.6. The minimum Gasteiger partial charge on any atom is -0.325 e. The number of hydrogen-bond donors (Lipinski definition) is 1. The van der Waals surface area contributed by atoms with Gasteiger partial charge in [-0.3, -0.25) is 9.69 Å². The Labute approximate surface area is 147 Å². The number of hydrogen-bond acceptors (Lipinski definition) is 4. The quantitative estimate of drug-likeness (QED) is 0.896. The molecule has 1 aromatic carbocycles. The van der Waals surface area contributed by atoms with Gasteiger partial charge in [-0.1, -0.05) is 25.1 Å². The SMILES string of the molecule is Cc1ccccc1NC(=O)Cc1nc(CN2CCC(C)CC2)cs1. The molecule has 3 rings (SSSR count). The van der Waals surface area contributed by atoms with Crippen LogP contribution in [0, 0.1) is 12.8 Å². The predicted octanol–water partition coefficient (Wildman–Crippen LogP) is 3.86. The summed E-state index contributed by atoms with van der Waals surface area (Å²) in [6.45, 7) is 7.54. The average molecular weight is 343 g/mol. The number of nitrogens with one attached hydrogen (secondary N) is 1. The number of amides is 1. The van der Waals surface area contributed by atoms with Crippen LogP contribution in [0.25, 0.3) is 0 Å². The first-order valence-electron chi connectivity index (χ1n) is 8.61. The smallest absolute Gasteiger partial charge is 0.231 e. The van der Waals surface area contributed by atoms with Crippen LogP contribution in [-0.4, -0.2) is 28.9 Å². The number of rotatable bonds is 5. The van der Waals surface area contributed by atoms with Crippen LogP contribution in [0.5, 0.6) is 0 Å². The molecular weight excluding hydrogens is 318 g/mol. The van der Waals surface area contributed by atoms with E-state index in [9.17, 15) is 4.79 Å². The number of aromatic nitrogens is 1. The molecule has 24 heavy (non-hydrogen) atoms. The highest BCUT2D eigenvalue weighted by molar-refractivity contribution is 7.09. The van der Waals surface area contributed by atoms with Crippen molar-refractivity contribution in [3.8, 4) is 0 Å². The number of piperidine rings is 1. The van der Waals surface area contributed by atoms with Crippen LogP contribution in [0.4, 0.5) is 5.69 Å². The third-order valence-corrected chi connectivity index (χ3v) is 5.49. The molecule has 0 radical (unpaired) electrons. The summed E-state index contributed by atoms with van der Waals surface area (Å²) in [7, 11) is 0. The molecule has 128 valence electrons. The Bertz CT molecular complexity index is 689. The standard InChI is InChI=1S/C19H25N3OS/c1-14-7-9-22(10-8-14)12-16-13-24-19(20-16)11-18(23)21-17-6-4-3-5-15(17)2/h3-6,13-14H,7-12H2,1-2H3,(H,21,23). The van der Waals surface area contributed by atoms with Gasteiger partial charge in [0.2, 0.25) is 5.91 Å². The van der Waals surface area contributed by atoms with Gasteiger partial charge >= 0.3 is 0 Å². The molecule has 1 aliphatic rings. The lowest BCUT2D eigenvalue weighted by Crippen LogP contribution is -2.32. The van der Waals surface area contributed by atoms with E-state index in [0.717, 1.165) is 47.5 Å². The highest BCUT2D eigenvalue weighted by atomic mass is 32.1. The predicted molar refractivity (Wildman–Crippen MR) is 99.3 cm³/mol. The van der Waals surface area contributed by atoms with Gasteiger partial charge < -0.3 is 5.32 Å². The van der Waals surface area contributed by atoms with Gasteiger partial charge in [-0.2, -0.15) is 0 Å². The number of para-hydroxylation sites is 1. The van der Waals surface area contributed by atoms with Crippen molar-refractivity contribution in [2.24, 2.45) is 5.92 Å². The van der Waals surface area contributed by atoms with Crippen LogP contribution in [0.15, 0.2) is 29.6 Å². The van der Waals surface area contributed by atoms with Crippen LogP contribution in [0.1, 0.15) is 36.0 Å².